The molecule has 66 valence electrons. The lowest BCUT2D eigenvalue weighted by Gasteiger charge is -1.85. The van der Waals surface area contributed by atoms with Crippen LogP contribution >= 0.6 is 0 Å². The average molecular weight is 172 g/mol. The fourth-order valence-electron chi connectivity index (χ4n) is 0.591. The Bertz CT molecular complexity index is 323. The molecule has 6 nitrogen and oxygen atoms in total. The van der Waals surface area contributed by atoms with Gasteiger partial charge in [-0.1, -0.05) is 0 Å². The predicted octanol–water partition coefficient (Wildman–Crippen LogP) is -0.928. The summed E-state index contributed by atoms with van der Waals surface area (Å²) in [6, 6.07) is 1.32. The zero-order chi connectivity index (χ0) is 9.56. The summed E-state index contributed by atoms with van der Waals surface area (Å²) >= 11 is 0. The van der Waals surface area contributed by atoms with E-state index in [1.54, 1.807) is 6.92 Å². The molecule has 0 atom stereocenters. The van der Waals surface area contributed by atoms with E-state index in [1.807, 2.05) is 4.98 Å². The minimum atomic E-state index is -0.458. The predicted molar refractivity (Wildman–Crippen MR) is 41.1 cm³/mol. The number of aryl methyl sites for hydroxylation is 1. The van der Waals surface area contributed by atoms with Crippen LogP contribution in [-0.4, -0.2) is 21.5 Å². The Hall–Kier alpha value is -1.85. The lowest BCUT2D eigenvalue weighted by Crippen LogP contribution is -2.21. The first-order valence-electron chi connectivity index (χ1n) is 2.98. The molecule has 6 heteroatoms. The van der Waals surface area contributed by atoms with Gasteiger partial charge in [0.15, 0.2) is 0 Å². The Balaban J connectivity index is 0.000000354. The quantitative estimate of drug-likeness (QED) is 0.440. The highest BCUT2D eigenvalue weighted by Crippen LogP contribution is 1.73. The van der Waals surface area contributed by atoms with E-state index in [1.165, 1.54) is 6.07 Å². The highest BCUT2D eigenvalue weighted by atomic mass is 16.3. The van der Waals surface area contributed by atoms with Crippen LogP contribution in [0.5, 0.6) is 0 Å². The number of H-pyrrole nitrogens is 2. The van der Waals surface area contributed by atoms with Crippen LogP contribution in [0.2, 0.25) is 0 Å². The van der Waals surface area contributed by atoms with Crippen molar-refractivity contribution >= 4 is 6.47 Å². The molecular weight excluding hydrogens is 164 g/mol. The van der Waals surface area contributed by atoms with Crippen LogP contribution in [0, 0.1) is 6.92 Å². The maximum atomic E-state index is 10.4. The number of carbonyl (C=O) groups is 1. The Morgan fingerprint density at radius 2 is 1.92 bits per heavy atom. The van der Waals surface area contributed by atoms with Gasteiger partial charge >= 0.3 is 5.69 Å². The number of hydrogen-bond donors (Lipinski definition) is 3. The molecule has 1 heterocycles. The van der Waals surface area contributed by atoms with Gasteiger partial charge in [-0.25, -0.2) is 4.79 Å². The summed E-state index contributed by atoms with van der Waals surface area (Å²) in [6.07, 6.45) is 0. The first-order valence-corrected chi connectivity index (χ1v) is 2.98. The summed E-state index contributed by atoms with van der Waals surface area (Å²) < 4.78 is 0. The van der Waals surface area contributed by atoms with Gasteiger partial charge in [0.2, 0.25) is 0 Å². The van der Waals surface area contributed by atoms with Crippen molar-refractivity contribution in [2.75, 3.05) is 0 Å². The van der Waals surface area contributed by atoms with Crippen molar-refractivity contribution in [1.29, 1.82) is 0 Å². The van der Waals surface area contributed by atoms with Crippen LogP contribution in [0.25, 0.3) is 0 Å². The third-order valence-electron chi connectivity index (χ3n) is 0.895. The molecule has 0 fully saturated rings. The molecule has 3 N–H and O–H groups in total. The van der Waals surface area contributed by atoms with Crippen molar-refractivity contribution in [3.63, 3.8) is 0 Å². The van der Waals surface area contributed by atoms with Crippen molar-refractivity contribution in [1.82, 2.24) is 9.97 Å². The Morgan fingerprint density at radius 1 is 1.42 bits per heavy atom. The van der Waals surface area contributed by atoms with E-state index in [9.17, 15) is 9.59 Å². The van der Waals surface area contributed by atoms with Gasteiger partial charge in [0, 0.05) is 11.8 Å². The topological polar surface area (TPSA) is 103 Å². The lowest BCUT2D eigenvalue weighted by atomic mass is 10.5. The van der Waals surface area contributed by atoms with Gasteiger partial charge in [0.25, 0.3) is 12.0 Å². The van der Waals surface area contributed by atoms with E-state index in [0.29, 0.717) is 5.69 Å². The molecule has 0 aliphatic carbocycles. The van der Waals surface area contributed by atoms with Gasteiger partial charge in [-0.2, -0.15) is 0 Å². The van der Waals surface area contributed by atoms with Crippen molar-refractivity contribution < 1.29 is 9.90 Å². The van der Waals surface area contributed by atoms with Gasteiger partial charge < -0.3 is 10.1 Å². The fraction of sp³-hybridized carbons (Fsp3) is 0.167. The van der Waals surface area contributed by atoms with Crippen LogP contribution < -0.4 is 11.2 Å². The number of hydrogen-bond acceptors (Lipinski definition) is 3. The Labute approximate surface area is 66.9 Å². The van der Waals surface area contributed by atoms with Crippen molar-refractivity contribution in [2.24, 2.45) is 0 Å². The largest absolute Gasteiger partial charge is 0.483 e. The summed E-state index contributed by atoms with van der Waals surface area (Å²) in [5, 5.41) is 6.89. The standard InChI is InChI=1S/C5H6N2O2.CH2O2/c1-3-2-4(8)7-5(9)6-3;2-1-3/h2H,1H3,(H2,6,7,8,9);1H,(H,2,3). The van der Waals surface area contributed by atoms with E-state index in [2.05, 4.69) is 4.98 Å². The average Bonchev–Trinajstić information content (AvgIpc) is 1.84. The second-order valence-corrected chi connectivity index (χ2v) is 1.88. The number of carboxylic acid groups (broad SMARTS) is 1. The summed E-state index contributed by atoms with van der Waals surface area (Å²) in [4.78, 5) is 33.6. The van der Waals surface area contributed by atoms with Gasteiger partial charge in [-0.15, -0.1) is 0 Å². The zero-order valence-corrected chi connectivity index (χ0v) is 6.33. The molecule has 0 spiro atoms. The van der Waals surface area contributed by atoms with Gasteiger partial charge in [0.05, 0.1) is 0 Å². The molecule has 0 unspecified atom stereocenters. The van der Waals surface area contributed by atoms with Crippen LogP contribution in [0.3, 0.4) is 0 Å². The number of aromatic amines is 2. The first kappa shape index (κ1) is 10.2. The molecule has 0 aliphatic heterocycles. The van der Waals surface area contributed by atoms with Crippen LogP contribution in [-0.2, 0) is 4.79 Å². The van der Waals surface area contributed by atoms with Crippen LogP contribution in [0.15, 0.2) is 15.7 Å². The van der Waals surface area contributed by atoms with Crippen molar-refractivity contribution in [2.45, 2.75) is 6.92 Å². The fourth-order valence-corrected chi connectivity index (χ4v) is 0.591. The molecule has 0 amide bonds. The maximum absolute atomic E-state index is 10.4. The minimum absolute atomic E-state index is 0.250. The molecule has 12 heavy (non-hydrogen) atoms. The van der Waals surface area contributed by atoms with E-state index in [4.69, 9.17) is 9.90 Å². The molecule has 0 aromatic carbocycles. The molecule has 1 aromatic heterocycles. The third kappa shape index (κ3) is 4.04. The summed E-state index contributed by atoms with van der Waals surface area (Å²) in [6.45, 7) is 1.40. The number of aromatic nitrogens is 2. The smallest absolute Gasteiger partial charge is 0.325 e. The molecule has 1 rings (SSSR count). The lowest BCUT2D eigenvalue weighted by molar-refractivity contribution is -0.122. The normalized spacial score (nSPS) is 8.08. The molecule has 1 aromatic rings. The highest BCUT2D eigenvalue weighted by Gasteiger charge is 1.86. The SMILES string of the molecule is Cc1cc(=O)[nH]c(=O)[nH]1.O=CO. The third-order valence-corrected chi connectivity index (χ3v) is 0.895. The summed E-state index contributed by atoms with van der Waals surface area (Å²) in [5.41, 5.74) is -0.250. The van der Waals surface area contributed by atoms with Gasteiger partial charge in [0.1, 0.15) is 0 Å². The van der Waals surface area contributed by atoms with Gasteiger partial charge in [-0.3, -0.25) is 14.6 Å². The van der Waals surface area contributed by atoms with Gasteiger partial charge in [-0.05, 0) is 6.92 Å². The second kappa shape index (κ2) is 4.89. The molecule has 0 bridgehead atoms. The summed E-state index contributed by atoms with van der Waals surface area (Å²) in [7, 11) is 0. The summed E-state index contributed by atoms with van der Waals surface area (Å²) in [5.74, 6) is 0. The molecule has 0 radical (unpaired) electrons. The van der Waals surface area contributed by atoms with Crippen LogP contribution in [0.1, 0.15) is 5.69 Å². The van der Waals surface area contributed by atoms with Crippen molar-refractivity contribution in [3.8, 4) is 0 Å². The molecule has 0 aliphatic rings. The van der Waals surface area contributed by atoms with E-state index in [0.717, 1.165) is 0 Å². The number of nitrogens with one attached hydrogen (secondary N) is 2. The molecular formula is C6H8N2O4. The highest BCUT2D eigenvalue weighted by molar-refractivity contribution is 5.32. The van der Waals surface area contributed by atoms with Crippen molar-refractivity contribution in [3.05, 3.63) is 32.6 Å². The maximum Gasteiger partial charge on any atom is 0.325 e. The van der Waals surface area contributed by atoms with E-state index in [-0.39, 0.29) is 12.0 Å². The zero-order valence-electron chi connectivity index (χ0n) is 6.33. The Kier molecular flexibility index (Phi) is 4.13. The first-order chi connectivity index (χ1) is 5.60. The van der Waals surface area contributed by atoms with Crippen LogP contribution in [0.4, 0.5) is 0 Å². The Morgan fingerprint density at radius 3 is 2.25 bits per heavy atom. The van der Waals surface area contributed by atoms with E-state index >= 15 is 0 Å². The minimum Gasteiger partial charge on any atom is -0.483 e. The van der Waals surface area contributed by atoms with E-state index < -0.39 is 5.69 Å². The number of rotatable bonds is 0. The second-order valence-electron chi connectivity index (χ2n) is 1.88. The monoisotopic (exact) mass is 172 g/mol. The molecule has 0 saturated carbocycles. The molecule has 0 saturated heterocycles.